The highest BCUT2D eigenvalue weighted by molar-refractivity contribution is 5.43. The summed E-state index contributed by atoms with van der Waals surface area (Å²) in [5, 5.41) is 14.4. The van der Waals surface area contributed by atoms with Gasteiger partial charge in [-0.1, -0.05) is 18.2 Å². The Kier molecular flexibility index (Phi) is 3.59. The first-order valence-electron chi connectivity index (χ1n) is 5.36. The number of nitrogens with zero attached hydrogens (tertiary/aromatic N) is 3. The zero-order valence-electron chi connectivity index (χ0n) is 9.87. The summed E-state index contributed by atoms with van der Waals surface area (Å²) in [7, 11) is 0. The summed E-state index contributed by atoms with van der Waals surface area (Å²) in [6.45, 7) is -1.64. The Morgan fingerprint density at radius 2 is 1.95 bits per heavy atom. The molecule has 106 valence electrons. The molecule has 20 heavy (non-hydrogen) atoms. The van der Waals surface area contributed by atoms with Crippen molar-refractivity contribution in [3.63, 3.8) is 0 Å². The second-order valence-corrected chi connectivity index (χ2v) is 3.76. The van der Waals surface area contributed by atoms with Gasteiger partial charge in [-0.3, -0.25) is 10.1 Å². The van der Waals surface area contributed by atoms with Crippen molar-refractivity contribution in [1.29, 1.82) is 0 Å². The predicted octanol–water partition coefficient (Wildman–Crippen LogP) is 2.72. The lowest BCUT2D eigenvalue weighted by Crippen LogP contribution is -2.19. The fourth-order valence-electron chi connectivity index (χ4n) is 1.44. The lowest BCUT2D eigenvalue weighted by molar-refractivity contribution is -0.386. The molecule has 0 saturated heterocycles. The molecule has 0 atom stereocenters. The molecular formula is C11H8F3N3O3. The van der Waals surface area contributed by atoms with Gasteiger partial charge in [-0.25, -0.2) is 4.68 Å². The molecule has 0 aliphatic carbocycles. The maximum atomic E-state index is 12.1. The van der Waals surface area contributed by atoms with Crippen LogP contribution < -0.4 is 4.74 Å². The topological polar surface area (TPSA) is 70.2 Å². The molecule has 0 amide bonds. The number of rotatable bonds is 4. The lowest BCUT2D eigenvalue weighted by atomic mass is 10.3. The van der Waals surface area contributed by atoms with E-state index >= 15 is 0 Å². The van der Waals surface area contributed by atoms with Gasteiger partial charge >= 0.3 is 17.7 Å². The summed E-state index contributed by atoms with van der Waals surface area (Å²) in [6, 6.07) is 8.26. The van der Waals surface area contributed by atoms with Crippen molar-refractivity contribution in [3.05, 3.63) is 46.6 Å². The van der Waals surface area contributed by atoms with Crippen LogP contribution in [0.1, 0.15) is 0 Å². The van der Waals surface area contributed by atoms with Gasteiger partial charge in [0.2, 0.25) is 0 Å². The zero-order chi connectivity index (χ0) is 14.8. The number of hydrogen-bond donors (Lipinski definition) is 0. The first kappa shape index (κ1) is 13.8. The normalized spacial score (nSPS) is 11.3. The number of benzene rings is 1. The lowest BCUT2D eigenvalue weighted by Gasteiger charge is -2.05. The fraction of sp³-hybridized carbons (Fsp3) is 0.182. The maximum absolute atomic E-state index is 12.1. The van der Waals surface area contributed by atoms with Crippen molar-refractivity contribution < 1.29 is 22.8 Å². The summed E-state index contributed by atoms with van der Waals surface area (Å²) in [6.07, 6.45) is -3.59. The maximum Gasteiger partial charge on any atom is 0.422 e. The van der Waals surface area contributed by atoms with Gasteiger partial charge in [-0.15, -0.1) is 5.10 Å². The highest BCUT2D eigenvalue weighted by Crippen LogP contribution is 2.28. The molecule has 2 rings (SSSR count). The number of nitro groups is 1. The van der Waals surface area contributed by atoms with Crippen molar-refractivity contribution >= 4 is 5.69 Å². The molecule has 0 N–H and O–H groups in total. The Balaban J connectivity index is 2.32. The van der Waals surface area contributed by atoms with Crippen LogP contribution in [0, 0.1) is 10.1 Å². The second kappa shape index (κ2) is 5.19. The van der Waals surface area contributed by atoms with E-state index in [-0.39, 0.29) is 0 Å². The van der Waals surface area contributed by atoms with Crippen molar-refractivity contribution in [3.8, 4) is 11.6 Å². The van der Waals surface area contributed by atoms with E-state index < -0.39 is 29.3 Å². The average molecular weight is 287 g/mol. The molecule has 0 unspecified atom stereocenters. The van der Waals surface area contributed by atoms with E-state index in [0.717, 1.165) is 10.9 Å². The molecule has 1 aromatic carbocycles. The molecule has 6 nitrogen and oxygen atoms in total. The number of ether oxygens (including phenoxy) is 1. The number of hydrogen-bond acceptors (Lipinski definition) is 4. The summed E-state index contributed by atoms with van der Waals surface area (Å²) >= 11 is 0. The average Bonchev–Trinajstić information content (AvgIpc) is 2.81. The summed E-state index contributed by atoms with van der Waals surface area (Å²) in [4.78, 5) is 9.93. The molecule has 0 radical (unpaired) electrons. The molecule has 0 aliphatic heterocycles. The molecular weight excluding hydrogens is 279 g/mol. The van der Waals surface area contributed by atoms with Crippen molar-refractivity contribution in [2.45, 2.75) is 6.18 Å². The fourth-order valence-corrected chi connectivity index (χ4v) is 1.44. The van der Waals surface area contributed by atoms with Crippen LogP contribution in [0.2, 0.25) is 0 Å². The van der Waals surface area contributed by atoms with Crippen molar-refractivity contribution in [2.75, 3.05) is 6.61 Å². The molecule has 2 aromatic rings. The Bertz CT molecular complexity index is 610. The third-order valence-corrected chi connectivity index (χ3v) is 2.25. The molecule has 9 heteroatoms. The minimum absolute atomic E-state index is 0.470. The van der Waals surface area contributed by atoms with Crippen LogP contribution in [0.15, 0.2) is 36.5 Å². The predicted molar refractivity (Wildman–Crippen MR) is 61.8 cm³/mol. The van der Waals surface area contributed by atoms with Gasteiger partial charge in [0.25, 0.3) is 0 Å². The van der Waals surface area contributed by atoms with Gasteiger partial charge in [0, 0.05) is 0 Å². The van der Waals surface area contributed by atoms with Crippen LogP contribution >= 0.6 is 0 Å². The quantitative estimate of drug-likeness (QED) is 0.640. The molecule has 1 heterocycles. The molecule has 1 aromatic heterocycles. The van der Waals surface area contributed by atoms with Gasteiger partial charge in [-0.05, 0) is 12.1 Å². The highest BCUT2D eigenvalue weighted by Gasteiger charge is 2.31. The van der Waals surface area contributed by atoms with Crippen LogP contribution in [0.5, 0.6) is 5.88 Å². The number of aromatic nitrogens is 2. The third kappa shape index (κ3) is 3.25. The molecule has 0 bridgehead atoms. The SMILES string of the molecule is O=[N+]([O-])c1cn(-c2ccccc2)nc1OCC(F)(F)F. The standard InChI is InChI=1S/C11H8F3N3O3/c12-11(13,14)7-20-10-9(17(18)19)6-16(15-10)8-4-2-1-3-5-8/h1-6H,7H2. The Morgan fingerprint density at radius 1 is 1.30 bits per heavy atom. The smallest absolute Gasteiger partial charge is 0.422 e. The number of halogens is 3. The van der Waals surface area contributed by atoms with Crippen molar-refractivity contribution in [2.24, 2.45) is 0 Å². The minimum Gasteiger partial charge on any atom is -0.462 e. The van der Waals surface area contributed by atoms with Crippen molar-refractivity contribution in [1.82, 2.24) is 9.78 Å². The first-order valence-corrected chi connectivity index (χ1v) is 5.36. The van der Waals surface area contributed by atoms with Crippen LogP contribution in [0.25, 0.3) is 5.69 Å². The zero-order valence-corrected chi connectivity index (χ0v) is 9.87. The van der Waals surface area contributed by atoms with Gasteiger partial charge in [0.15, 0.2) is 6.61 Å². The number of para-hydroxylation sites is 1. The molecule has 0 aliphatic rings. The van der Waals surface area contributed by atoms with E-state index in [1.807, 2.05) is 0 Å². The summed E-state index contributed by atoms with van der Waals surface area (Å²) in [5.74, 6) is -0.670. The highest BCUT2D eigenvalue weighted by atomic mass is 19.4. The van der Waals surface area contributed by atoms with Crippen LogP contribution in [-0.2, 0) is 0 Å². The van der Waals surface area contributed by atoms with E-state index in [1.54, 1.807) is 30.3 Å². The second-order valence-electron chi connectivity index (χ2n) is 3.76. The summed E-state index contributed by atoms with van der Waals surface area (Å²) < 4.78 is 41.7. The number of alkyl halides is 3. The van der Waals surface area contributed by atoms with Crippen LogP contribution in [0.4, 0.5) is 18.9 Å². The third-order valence-electron chi connectivity index (χ3n) is 2.25. The Morgan fingerprint density at radius 3 is 2.50 bits per heavy atom. The monoisotopic (exact) mass is 287 g/mol. The van der Waals surface area contributed by atoms with E-state index in [0.29, 0.717) is 5.69 Å². The van der Waals surface area contributed by atoms with E-state index in [2.05, 4.69) is 9.84 Å². The molecule has 0 spiro atoms. The van der Waals surface area contributed by atoms with E-state index in [1.165, 1.54) is 0 Å². The summed E-state index contributed by atoms with van der Waals surface area (Å²) in [5.41, 5.74) is -0.157. The van der Waals surface area contributed by atoms with E-state index in [9.17, 15) is 23.3 Å². The van der Waals surface area contributed by atoms with Gasteiger partial charge in [-0.2, -0.15) is 13.2 Å². The van der Waals surface area contributed by atoms with E-state index in [4.69, 9.17) is 0 Å². The van der Waals surface area contributed by atoms with Crippen LogP contribution in [0.3, 0.4) is 0 Å². The Labute approximate surface area is 110 Å². The van der Waals surface area contributed by atoms with Crippen LogP contribution in [-0.4, -0.2) is 27.5 Å². The van der Waals surface area contributed by atoms with Gasteiger partial charge in [0.1, 0.15) is 6.20 Å². The molecule has 0 saturated carbocycles. The van der Waals surface area contributed by atoms with Gasteiger partial charge < -0.3 is 4.74 Å². The van der Waals surface area contributed by atoms with Gasteiger partial charge in [0.05, 0.1) is 10.6 Å². The molecule has 0 fully saturated rings. The largest absolute Gasteiger partial charge is 0.462 e. The Hall–Kier alpha value is -2.58. The minimum atomic E-state index is -4.59. The first-order chi connectivity index (χ1) is 9.37.